The number of hydrogen-bond acceptors (Lipinski definition) is 15. The highest BCUT2D eigenvalue weighted by Crippen LogP contribution is 2.13. The molecule has 422 valence electrons. The second-order valence-corrected chi connectivity index (χ2v) is 19.8. The maximum Gasteiger partial charge on any atom is 0.327 e. The van der Waals surface area contributed by atoms with Crippen LogP contribution in [0, 0.1) is 17.8 Å². The lowest BCUT2D eigenvalue weighted by Crippen LogP contribution is -2.62. The second kappa shape index (κ2) is 35.3. The maximum absolute atomic E-state index is 14.2. The predicted octanol–water partition coefficient (Wildman–Crippen LogP) is -2.84. The van der Waals surface area contributed by atoms with Crippen LogP contribution in [0.3, 0.4) is 0 Å². The standard InChI is InChI=1S/C47H81N15O10S3/c1-7-26(6)36(62-42(68)32(21-73)58-37(63)28(48)15-11-17-53-46(49)50)44(70)59-33(22-74)41(67)61-35(25(4)5)43(69)57-30(19-24(2)3)39(65)55-29(16-12-18-54-47(51)52)38(64)56-31(20-27-13-9-8-10-14-27)40(66)60-34(23-75)45(71)72/h8-10,13-14,24-26,28-36,73-75H,7,11-12,15-23,48H2,1-6H3,(H,55,65)(H,56,64)(H,57,69)(H,58,63)(H,59,70)(H,60,66)(H,61,67)(H,62,68)(H,71,72)(H4,49,50,53)(H4,51,52,54)/t26-,28-,29-,30-,31-,32-,33-,34-,35-,36-/m0/s1. The van der Waals surface area contributed by atoms with E-state index < -0.39 is 119 Å². The van der Waals surface area contributed by atoms with Gasteiger partial charge in [0, 0.05) is 36.8 Å². The maximum atomic E-state index is 14.2. The number of carboxylic acids is 1. The zero-order valence-electron chi connectivity index (χ0n) is 43.5. The quantitative estimate of drug-likeness (QED) is 0.0141. The largest absolute Gasteiger partial charge is 0.480 e. The number of carboxylic acid groups (broad SMARTS) is 1. The summed E-state index contributed by atoms with van der Waals surface area (Å²) in [5.41, 5.74) is 28.3. The first-order valence-electron chi connectivity index (χ1n) is 24.7. The predicted molar refractivity (Wildman–Crippen MR) is 296 cm³/mol. The van der Waals surface area contributed by atoms with E-state index in [9.17, 15) is 48.3 Å². The van der Waals surface area contributed by atoms with E-state index >= 15 is 0 Å². The van der Waals surface area contributed by atoms with Gasteiger partial charge in [0.2, 0.25) is 47.3 Å². The van der Waals surface area contributed by atoms with E-state index in [2.05, 4.69) is 90.4 Å². The molecule has 10 atom stereocenters. The van der Waals surface area contributed by atoms with E-state index in [4.69, 9.17) is 28.7 Å². The Balaban J connectivity index is 3.36. The molecule has 1 aromatic rings. The van der Waals surface area contributed by atoms with Gasteiger partial charge in [-0.05, 0) is 55.4 Å². The molecule has 28 heteroatoms. The molecule has 1 aromatic carbocycles. The molecule has 1 rings (SSSR count). The first kappa shape index (κ1) is 67.0. The number of carbonyl (C=O) groups is 9. The van der Waals surface area contributed by atoms with E-state index in [-0.39, 0.29) is 80.3 Å². The molecule has 0 aromatic heterocycles. The number of nitrogens with two attached hydrogens (primary N) is 5. The molecular formula is C47H81N15O10S3. The van der Waals surface area contributed by atoms with Gasteiger partial charge in [0.25, 0.3) is 0 Å². The number of guanidine groups is 2. The van der Waals surface area contributed by atoms with Gasteiger partial charge in [-0.2, -0.15) is 37.9 Å². The molecule has 0 saturated carbocycles. The highest BCUT2D eigenvalue weighted by molar-refractivity contribution is 7.80. The van der Waals surface area contributed by atoms with E-state index in [0.29, 0.717) is 18.4 Å². The Labute approximate surface area is 455 Å². The fraction of sp³-hybridized carbons (Fsp3) is 0.638. The molecular weight excluding hydrogens is 1030 g/mol. The summed E-state index contributed by atoms with van der Waals surface area (Å²) in [7, 11) is 0. The molecule has 0 fully saturated rings. The minimum absolute atomic E-state index is 0.0431. The molecule has 0 aliphatic carbocycles. The second-order valence-electron chi connectivity index (χ2n) is 18.7. The number of nitrogens with zero attached hydrogens (tertiary/aromatic N) is 2. The van der Waals surface area contributed by atoms with Crippen molar-refractivity contribution < 1.29 is 48.3 Å². The number of hydrogen-bond donors (Lipinski definition) is 17. The summed E-state index contributed by atoms with van der Waals surface area (Å²) in [5, 5.41) is 30.5. The number of carbonyl (C=O) groups excluding carboxylic acids is 8. The normalized spacial score (nSPS) is 15.1. The average molecular weight is 1110 g/mol. The fourth-order valence-corrected chi connectivity index (χ4v) is 7.88. The molecule has 0 heterocycles. The Kier molecular flexibility index (Phi) is 31.5. The Morgan fingerprint density at radius 2 is 0.947 bits per heavy atom. The van der Waals surface area contributed by atoms with Crippen molar-refractivity contribution in [2.24, 2.45) is 56.4 Å². The van der Waals surface area contributed by atoms with Crippen LogP contribution < -0.4 is 71.2 Å². The van der Waals surface area contributed by atoms with Gasteiger partial charge in [-0.1, -0.05) is 78.3 Å². The average Bonchev–Trinajstić information content (AvgIpc) is 3.35. The molecule has 8 amide bonds. The lowest BCUT2D eigenvalue weighted by Gasteiger charge is -2.30. The van der Waals surface area contributed by atoms with Crippen LogP contribution in [0.5, 0.6) is 0 Å². The summed E-state index contributed by atoms with van der Waals surface area (Å²) in [6.07, 6.45) is 1.18. The summed E-state index contributed by atoms with van der Waals surface area (Å²) in [6.45, 7) is 10.7. The van der Waals surface area contributed by atoms with Crippen molar-refractivity contribution in [2.75, 3.05) is 30.3 Å². The minimum atomic E-state index is -1.37. The molecule has 0 spiro atoms. The lowest BCUT2D eigenvalue weighted by molar-refractivity contribution is -0.141. The Morgan fingerprint density at radius 1 is 0.533 bits per heavy atom. The van der Waals surface area contributed by atoms with E-state index in [1.807, 2.05) is 0 Å². The molecule has 19 N–H and O–H groups in total. The number of aliphatic imine (C=N–C) groups is 2. The van der Waals surface area contributed by atoms with E-state index in [0.717, 1.165) is 0 Å². The highest BCUT2D eigenvalue weighted by Gasteiger charge is 2.36. The van der Waals surface area contributed by atoms with Gasteiger partial charge in [0.05, 0.1) is 6.04 Å². The van der Waals surface area contributed by atoms with Crippen molar-refractivity contribution in [2.45, 2.75) is 141 Å². The zero-order valence-corrected chi connectivity index (χ0v) is 46.2. The summed E-state index contributed by atoms with van der Waals surface area (Å²) >= 11 is 12.5. The van der Waals surface area contributed by atoms with Crippen LogP contribution in [-0.2, 0) is 49.6 Å². The van der Waals surface area contributed by atoms with Crippen LogP contribution in [0.25, 0.3) is 0 Å². The first-order chi connectivity index (χ1) is 35.3. The summed E-state index contributed by atoms with van der Waals surface area (Å²) in [6, 6.07) is -2.62. The summed E-state index contributed by atoms with van der Waals surface area (Å²) < 4.78 is 0. The van der Waals surface area contributed by atoms with Gasteiger partial charge in [0.15, 0.2) is 11.9 Å². The SMILES string of the molecule is CC[C@H](C)[C@H](NC(=O)[C@H](CS)NC(=O)[C@@H](N)CCCN=C(N)N)C(=O)N[C@@H](CS)C(=O)N[C@H](C(=O)N[C@@H](CC(C)C)C(=O)N[C@@H](CCCN=C(N)N)C(=O)N[C@@H](Cc1ccccc1)C(=O)N[C@@H](CS)C(=O)O)C(C)C. The fourth-order valence-electron chi connectivity index (χ4n) is 7.12. The van der Waals surface area contributed by atoms with Crippen LogP contribution in [0.15, 0.2) is 40.3 Å². The van der Waals surface area contributed by atoms with Crippen LogP contribution in [-0.4, -0.2) is 155 Å². The van der Waals surface area contributed by atoms with Gasteiger partial charge in [-0.3, -0.25) is 48.3 Å². The van der Waals surface area contributed by atoms with Crippen LogP contribution in [0.1, 0.15) is 85.6 Å². The Bertz CT molecular complexity index is 2100. The number of benzene rings is 1. The number of nitrogens with one attached hydrogen (secondary N) is 8. The summed E-state index contributed by atoms with van der Waals surface area (Å²) in [5.74, 6) is -9.62. The number of aliphatic carboxylic acids is 1. The van der Waals surface area contributed by atoms with Gasteiger partial charge in [0.1, 0.15) is 48.3 Å². The molecule has 0 radical (unpaired) electrons. The number of amides is 8. The molecule has 0 bridgehead atoms. The Hall–Kier alpha value is -6.00. The van der Waals surface area contributed by atoms with Gasteiger partial charge >= 0.3 is 5.97 Å². The van der Waals surface area contributed by atoms with E-state index in [1.165, 1.54) is 0 Å². The molecule has 0 saturated heterocycles. The Morgan fingerprint density at radius 3 is 1.43 bits per heavy atom. The van der Waals surface area contributed by atoms with Gasteiger partial charge < -0.3 is 76.3 Å². The molecule has 0 unspecified atom stereocenters. The van der Waals surface area contributed by atoms with Crippen molar-refractivity contribution in [1.82, 2.24) is 42.5 Å². The van der Waals surface area contributed by atoms with Crippen LogP contribution in [0.2, 0.25) is 0 Å². The number of thiol groups is 3. The minimum Gasteiger partial charge on any atom is -0.480 e. The van der Waals surface area contributed by atoms with Crippen molar-refractivity contribution in [3.8, 4) is 0 Å². The van der Waals surface area contributed by atoms with E-state index in [1.54, 1.807) is 71.9 Å². The number of rotatable bonds is 35. The monoisotopic (exact) mass is 1110 g/mol. The molecule has 0 aliphatic heterocycles. The van der Waals surface area contributed by atoms with Crippen LogP contribution in [0.4, 0.5) is 0 Å². The summed E-state index contributed by atoms with van der Waals surface area (Å²) in [4.78, 5) is 130. The van der Waals surface area contributed by atoms with Crippen molar-refractivity contribution in [3.63, 3.8) is 0 Å². The first-order valence-corrected chi connectivity index (χ1v) is 26.6. The lowest BCUT2D eigenvalue weighted by atomic mass is 9.97. The topological polar surface area (TPSA) is 425 Å². The zero-order chi connectivity index (χ0) is 56.9. The van der Waals surface area contributed by atoms with Crippen molar-refractivity contribution in [3.05, 3.63) is 35.9 Å². The van der Waals surface area contributed by atoms with Crippen molar-refractivity contribution >= 4 is 103 Å². The third-order valence-electron chi connectivity index (χ3n) is 11.6. The molecule has 75 heavy (non-hydrogen) atoms. The van der Waals surface area contributed by atoms with Gasteiger partial charge in [-0.25, -0.2) is 4.79 Å². The third kappa shape index (κ3) is 25.4. The highest BCUT2D eigenvalue weighted by atomic mass is 32.1. The smallest absolute Gasteiger partial charge is 0.327 e. The molecule has 0 aliphatic rings. The van der Waals surface area contributed by atoms with Crippen molar-refractivity contribution in [1.29, 1.82) is 0 Å². The van der Waals surface area contributed by atoms with Crippen LogP contribution >= 0.6 is 37.9 Å². The van der Waals surface area contributed by atoms with Gasteiger partial charge in [-0.15, -0.1) is 0 Å². The third-order valence-corrected chi connectivity index (χ3v) is 12.7. The molecule has 25 nitrogen and oxygen atoms in total.